The van der Waals surface area contributed by atoms with Crippen molar-refractivity contribution in [3.8, 4) is 0 Å². The molecule has 1 heterocycles. The molecule has 1 fully saturated rings. The Morgan fingerprint density at radius 1 is 1.17 bits per heavy atom. The molecule has 24 heavy (non-hydrogen) atoms. The molecule has 3 N–H and O–H groups in total. The van der Waals surface area contributed by atoms with E-state index in [-0.39, 0.29) is 24.5 Å². The summed E-state index contributed by atoms with van der Waals surface area (Å²) < 4.78 is 5.47. The lowest BCUT2D eigenvalue weighted by atomic mass is 10.1. The van der Waals surface area contributed by atoms with Crippen molar-refractivity contribution in [2.24, 2.45) is 5.92 Å². The largest absolute Gasteiger partial charge is 0.376 e. The van der Waals surface area contributed by atoms with E-state index in [9.17, 15) is 9.59 Å². The molecule has 2 amide bonds. The number of hydrogen-bond donors (Lipinski definition) is 3. The van der Waals surface area contributed by atoms with Crippen molar-refractivity contribution in [1.29, 1.82) is 0 Å². The molecule has 132 valence electrons. The molecular formula is C18H27N3O3. The van der Waals surface area contributed by atoms with Gasteiger partial charge in [-0.25, -0.2) is 0 Å². The van der Waals surface area contributed by atoms with Crippen molar-refractivity contribution in [3.63, 3.8) is 0 Å². The fourth-order valence-electron chi connectivity index (χ4n) is 2.53. The second kappa shape index (κ2) is 9.27. The van der Waals surface area contributed by atoms with Gasteiger partial charge in [-0.2, -0.15) is 0 Å². The lowest BCUT2D eigenvalue weighted by Crippen LogP contribution is -2.35. The highest BCUT2D eigenvalue weighted by Crippen LogP contribution is 2.14. The zero-order valence-electron chi connectivity index (χ0n) is 14.4. The minimum Gasteiger partial charge on any atom is -0.376 e. The van der Waals surface area contributed by atoms with Crippen LogP contribution in [0.15, 0.2) is 24.3 Å². The summed E-state index contributed by atoms with van der Waals surface area (Å²) in [6.07, 6.45) is 2.74. The first kappa shape index (κ1) is 18.3. The maximum absolute atomic E-state index is 11.8. The Hall–Kier alpha value is -2.08. The van der Waals surface area contributed by atoms with Gasteiger partial charge in [0.1, 0.15) is 0 Å². The number of carbonyl (C=O) groups excluding carboxylic acids is 2. The van der Waals surface area contributed by atoms with Crippen LogP contribution in [0.4, 0.5) is 11.4 Å². The summed E-state index contributed by atoms with van der Waals surface area (Å²) in [6, 6.07) is 7.34. The summed E-state index contributed by atoms with van der Waals surface area (Å²) in [7, 11) is 0. The average molecular weight is 333 g/mol. The Labute approximate surface area is 143 Å². The van der Waals surface area contributed by atoms with Gasteiger partial charge in [0.05, 0.1) is 12.6 Å². The Morgan fingerprint density at radius 2 is 1.88 bits per heavy atom. The number of anilines is 2. The molecule has 1 aliphatic heterocycles. The van der Waals surface area contributed by atoms with Gasteiger partial charge in [0, 0.05) is 30.9 Å². The van der Waals surface area contributed by atoms with Gasteiger partial charge < -0.3 is 20.7 Å². The van der Waals surface area contributed by atoms with Gasteiger partial charge in [0.2, 0.25) is 11.8 Å². The molecule has 0 bridgehead atoms. The third-order valence-electron chi connectivity index (χ3n) is 3.77. The molecule has 1 aromatic carbocycles. The van der Waals surface area contributed by atoms with Crippen molar-refractivity contribution in [2.75, 3.05) is 30.3 Å². The van der Waals surface area contributed by atoms with Crippen molar-refractivity contribution < 1.29 is 14.3 Å². The molecule has 0 spiro atoms. The van der Waals surface area contributed by atoms with E-state index in [1.165, 1.54) is 0 Å². The van der Waals surface area contributed by atoms with Crippen LogP contribution in [0.1, 0.15) is 33.1 Å². The molecule has 0 radical (unpaired) electrons. The van der Waals surface area contributed by atoms with Crippen LogP contribution >= 0.6 is 0 Å². The minimum atomic E-state index is -0.0557. The number of nitrogens with one attached hydrogen (secondary N) is 3. The molecule has 1 saturated heterocycles. The van der Waals surface area contributed by atoms with Crippen LogP contribution in [0.5, 0.6) is 0 Å². The van der Waals surface area contributed by atoms with Gasteiger partial charge in [0.25, 0.3) is 0 Å². The van der Waals surface area contributed by atoms with Crippen LogP contribution in [0, 0.1) is 5.92 Å². The summed E-state index contributed by atoms with van der Waals surface area (Å²) in [6.45, 7) is 5.60. The smallest absolute Gasteiger partial charge is 0.239 e. The van der Waals surface area contributed by atoms with E-state index in [0.717, 1.165) is 30.8 Å². The molecule has 0 saturated carbocycles. The van der Waals surface area contributed by atoms with Crippen LogP contribution in [0.3, 0.4) is 0 Å². The Morgan fingerprint density at radius 3 is 2.50 bits per heavy atom. The number of rotatable bonds is 8. The molecule has 1 unspecified atom stereocenters. The minimum absolute atomic E-state index is 0.0132. The first-order valence-electron chi connectivity index (χ1n) is 8.55. The third-order valence-corrected chi connectivity index (χ3v) is 3.77. The SMILES string of the molecule is CC(C)CC(=O)Nc1ccc(NCC(=O)NCC2CCCO2)cc1. The van der Waals surface area contributed by atoms with Gasteiger partial charge in [-0.15, -0.1) is 0 Å². The van der Waals surface area contributed by atoms with Gasteiger partial charge in [0.15, 0.2) is 0 Å². The molecule has 6 nitrogen and oxygen atoms in total. The monoisotopic (exact) mass is 333 g/mol. The summed E-state index contributed by atoms with van der Waals surface area (Å²) in [4.78, 5) is 23.5. The highest BCUT2D eigenvalue weighted by molar-refractivity contribution is 5.91. The average Bonchev–Trinajstić information content (AvgIpc) is 3.05. The van der Waals surface area contributed by atoms with Gasteiger partial charge in [-0.05, 0) is 43.0 Å². The topological polar surface area (TPSA) is 79.5 Å². The summed E-state index contributed by atoms with van der Waals surface area (Å²) in [5.74, 6) is 0.290. The first-order chi connectivity index (χ1) is 11.5. The Balaban J connectivity index is 1.69. The second-order valence-electron chi connectivity index (χ2n) is 6.52. The van der Waals surface area contributed by atoms with Crippen LogP contribution in [-0.2, 0) is 14.3 Å². The first-order valence-corrected chi connectivity index (χ1v) is 8.55. The number of hydrogen-bond acceptors (Lipinski definition) is 4. The normalized spacial score (nSPS) is 16.9. The molecule has 6 heteroatoms. The lowest BCUT2D eigenvalue weighted by Gasteiger charge is -2.12. The zero-order valence-corrected chi connectivity index (χ0v) is 14.4. The molecule has 0 aromatic heterocycles. The summed E-state index contributed by atoms with van der Waals surface area (Å²) in [5, 5.41) is 8.79. The standard InChI is InChI=1S/C18H27N3O3/c1-13(2)10-17(22)21-15-7-5-14(6-8-15)19-12-18(23)20-11-16-4-3-9-24-16/h5-8,13,16,19H,3-4,9-12H2,1-2H3,(H,20,23)(H,21,22). The van der Waals surface area contributed by atoms with E-state index >= 15 is 0 Å². The maximum atomic E-state index is 11.8. The highest BCUT2D eigenvalue weighted by Gasteiger charge is 2.15. The van der Waals surface area contributed by atoms with Crippen LogP contribution in [0.2, 0.25) is 0 Å². The van der Waals surface area contributed by atoms with Crippen LogP contribution in [0.25, 0.3) is 0 Å². The predicted octanol–water partition coefficient (Wildman–Crippen LogP) is 2.38. The zero-order chi connectivity index (χ0) is 17.4. The number of carbonyl (C=O) groups is 2. The van der Waals surface area contributed by atoms with Crippen LogP contribution in [-0.4, -0.2) is 37.6 Å². The number of ether oxygens (including phenoxy) is 1. The van der Waals surface area contributed by atoms with E-state index in [2.05, 4.69) is 16.0 Å². The summed E-state index contributed by atoms with van der Waals surface area (Å²) >= 11 is 0. The number of amides is 2. The van der Waals surface area contributed by atoms with E-state index in [4.69, 9.17) is 4.74 Å². The van der Waals surface area contributed by atoms with Crippen LogP contribution < -0.4 is 16.0 Å². The molecule has 0 aliphatic carbocycles. The summed E-state index contributed by atoms with van der Waals surface area (Å²) in [5.41, 5.74) is 1.60. The van der Waals surface area contributed by atoms with Crippen molar-refractivity contribution in [2.45, 2.75) is 39.2 Å². The Kier molecular flexibility index (Phi) is 7.06. The van der Waals surface area contributed by atoms with Crippen molar-refractivity contribution in [3.05, 3.63) is 24.3 Å². The molecule has 1 aliphatic rings. The van der Waals surface area contributed by atoms with Gasteiger partial charge >= 0.3 is 0 Å². The predicted molar refractivity (Wildman–Crippen MR) is 95.0 cm³/mol. The molecular weight excluding hydrogens is 306 g/mol. The van der Waals surface area contributed by atoms with E-state index in [0.29, 0.717) is 18.9 Å². The van der Waals surface area contributed by atoms with E-state index < -0.39 is 0 Å². The number of benzene rings is 1. The molecule has 1 atom stereocenters. The quantitative estimate of drug-likeness (QED) is 0.682. The van der Waals surface area contributed by atoms with Crippen molar-refractivity contribution >= 4 is 23.2 Å². The lowest BCUT2D eigenvalue weighted by molar-refractivity contribution is -0.120. The molecule has 2 rings (SSSR count). The van der Waals surface area contributed by atoms with E-state index in [1.807, 2.05) is 38.1 Å². The fourth-order valence-corrected chi connectivity index (χ4v) is 2.53. The Bertz CT molecular complexity index is 537. The van der Waals surface area contributed by atoms with Crippen molar-refractivity contribution in [1.82, 2.24) is 5.32 Å². The fraction of sp³-hybridized carbons (Fsp3) is 0.556. The van der Waals surface area contributed by atoms with Gasteiger partial charge in [-0.1, -0.05) is 13.8 Å². The second-order valence-corrected chi connectivity index (χ2v) is 6.52. The maximum Gasteiger partial charge on any atom is 0.239 e. The third kappa shape index (κ3) is 6.58. The highest BCUT2D eigenvalue weighted by atomic mass is 16.5. The van der Waals surface area contributed by atoms with Gasteiger partial charge in [-0.3, -0.25) is 9.59 Å². The van der Waals surface area contributed by atoms with E-state index in [1.54, 1.807) is 0 Å². The molecule has 1 aromatic rings.